The zero-order valence-electron chi connectivity index (χ0n) is 12.0. The van der Waals surface area contributed by atoms with Crippen LogP contribution in [0.1, 0.15) is 24.4 Å². The molecule has 1 aromatic carbocycles. The largest absolute Gasteiger partial charge is 0.347 e. The molecule has 1 aliphatic rings. The minimum Gasteiger partial charge on any atom is -0.347 e. The van der Waals surface area contributed by atoms with Crippen molar-refractivity contribution in [1.82, 2.24) is 9.88 Å². The van der Waals surface area contributed by atoms with Gasteiger partial charge in [-0.2, -0.15) is 0 Å². The highest BCUT2D eigenvalue weighted by Gasteiger charge is 2.33. The van der Waals surface area contributed by atoms with Gasteiger partial charge in [0.15, 0.2) is 0 Å². The maximum Gasteiger partial charge on any atom is 0.251 e. The SMILES string of the molecule is O=C(Cn1cc(Br)ccc1=O)NC(c1ccccc1)C1CC1. The molecule has 0 saturated heterocycles. The average molecular weight is 361 g/mol. The maximum absolute atomic E-state index is 12.3. The molecule has 1 amide bonds. The van der Waals surface area contributed by atoms with Gasteiger partial charge >= 0.3 is 0 Å². The number of carbonyl (C=O) groups is 1. The molecule has 4 nitrogen and oxygen atoms in total. The normalized spacial score (nSPS) is 15.3. The zero-order valence-corrected chi connectivity index (χ0v) is 13.6. The molecule has 1 heterocycles. The molecule has 0 spiro atoms. The molecule has 0 radical (unpaired) electrons. The van der Waals surface area contributed by atoms with Crippen LogP contribution in [0.2, 0.25) is 0 Å². The summed E-state index contributed by atoms with van der Waals surface area (Å²) in [6, 6.07) is 13.2. The van der Waals surface area contributed by atoms with Crippen molar-refractivity contribution in [1.29, 1.82) is 0 Å². The number of benzene rings is 1. The number of aromatic nitrogens is 1. The number of pyridine rings is 1. The Balaban J connectivity index is 1.72. The van der Waals surface area contributed by atoms with Gasteiger partial charge in [0.25, 0.3) is 5.56 Å². The van der Waals surface area contributed by atoms with Crippen molar-refractivity contribution < 1.29 is 4.79 Å². The van der Waals surface area contributed by atoms with Crippen LogP contribution in [0.4, 0.5) is 0 Å². The van der Waals surface area contributed by atoms with Gasteiger partial charge in [0.1, 0.15) is 6.54 Å². The summed E-state index contributed by atoms with van der Waals surface area (Å²) in [7, 11) is 0. The highest BCUT2D eigenvalue weighted by Crippen LogP contribution is 2.40. The Labute approximate surface area is 137 Å². The number of halogens is 1. The summed E-state index contributed by atoms with van der Waals surface area (Å²) in [5.41, 5.74) is 0.945. The van der Waals surface area contributed by atoms with Crippen molar-refractivity contribution in [3.05, 3.63) is 69.1 Å². The summed E-state index contributed by atoms with van der Waals surface area (Å²) in [4.78, 5) is 24.1. The lowest BCUT2D eigenvalue weighted by atomic mass is 10.0. The second-order valence-electron chi connectivity index (χ2n) is 5.61. The second kappa shape index (κ2) is 6.48. The molecule has 1 N–H and O–H groups in total. The van der Waals surface area contributed by atoms with E-state index in [2.05, 4.69) is 21.2 Å². The molecule has 2 aromatic rings. The molecule has 5 heteroatoms. The van der Waals surface area contributed by atoms with Crippen LogP contribution in [-0.4, -0.2) is 10.5 Å². The highest BCUT2D eigenvalue weighted by atomic mass is 79.9. The van der Waals surface area contributed by atoms with Crippen molar-refractivity contribution in [3.8, 4) is 0 Å². The molecule has 1 aliphatic carbocycles. The standard InChI is InChI=1S/C17H17BrN2O2/c18-14-8-9-16(22)20(10-14)11-15(21)19-17(13-6-7-13)12-4-2-1-3-5-12/h1-5,8-10,13,17H,6-7,11H2,(H,19,21). The van der Waals surface area contributed by atoms with E-state index in [9.17, 15) is 9.59 Å². The molecule has 0 bridgehead atoms. The van der Waals surface area contributed by atoms with E-state index in [-0.39, 0.29) is 24.1 Å². The van der Waals surface area contributed by atoms with Crippen LogP contribution < -0.4 is 10.9 Å². The lowest BCUT2D eigenvalue weighted by Gasteiger charge is -2.19. The van der Waals surface area contributed by atoms with E-state index in [1.165, 1.54) is 10.6 Å². The first-order valence-corrected chi connectivity index (χ1v) is 8.13. The number of hydrogen-bond donors (Lipinski definition) is 1. The number of carbonyl (C=O) groups excluding carboxylic acids is 1. The van der Waals surface area contributed by atoms with E-state index >= 15 is 0 Å². The maximum atomic E-state index is 12.3. The first kappa shape index (κ1) is 15.0. The summed E-state index contributed by atoms with van der Waals surface area (Å²) in [5, 5.41) is 3.08. The van der Waals surface area contributed by atoms with Crippen LogP contribution in [0.25, 0.3) is 0 Å². The van der Waals surface area contributed by atoms with Gasteiger partial charge in [-0.3, -0.25) is 9.59 Å². The Morgan fingerprint density at radius 1 is 1.23 bits per heavy atom. The van der Waals surface area contributed by atoms with Crippen LogP contribution >= 0.6 is 15.9 Å². The molecule has 1 unspecified atom stereocenters. The zero-order chi connectivity index (χ0) is 15.5. The molecule has 1 atom stereocenters. The molecule has 1 fully saturated rings. The monoisotopic (exact) mass is 360 g/mol. The minimum absolute atomic E-state index is 0.0360. The Morgan fingerprint density at radius 3 is 2.64 bits per heavy atom. The quantitative estimate of drug-likeness (QED) is 0.891. The van der Waals surface area contributed by atoms with Crippen molar-refractivity contribution in [2.24, 2.45) is 5.92 Å². The lowest BCUT2D eigenvalue weighted by molar-refractivity contribution is -0.122. The van der Waals surface area contributed by atoms with E-state index in [0.29, 0.717) is 5.92 Å². The van der Waals surface area contributed by atoms with E-state index < -0.39 is 0 Å². The van der Waals surface area contributed by atoms with Gasteiger partial charge in [0, 0.05) is 16.7 Å². The number of nitrogens with one attached hydrogen (secondary N) is 1. The predicted molar refractivity (Wildman–Crippen MR) is 88.5 cm³/mol. The van der Waals surface area contributed by atoms with Gasteiger partial charge in [0.05, 0.1) is 6.04 Å². The third-order valence-electron chi connectivity index (χ3n) is 3.83. The van der Waals surface area contributed by atoms with Crippen LogP contribution in [0.3, 0.4) is 0 Å². The summed E-state index contributed by atoms with van der Waals surface area (Å²) in [6.07, 6.45) is 3.91. The van der Waals surface area contributed by atoms with Crippen molar-refractivity contribution in [3.63, 3.8) is 0 Å². The first-order valence-electron chi connectivity index (χ1n) is 7.34. The Hall–Kier alpha value is -1.88. The summed E-state index contributed by atoms with van der Waals surface area (Å²) >= 11 is 3.32. The van der Waals surface area contributed by atoms with E-state index in [1.54, 1.807) is 12.3 Å². The van der Waals surface area contributed by atoms with Gasteiger partial charge in [-0.25, -0.2) is 0 Å². The second-order valence-corrected chi connectivity index (χ2v) is 6.52. The Morgan fingerprint density at radius 2 is 1.95 bits per heavy atom. The summed E-state index contributed by atoms with van der Waals surface area (Å²) < 4.78 is 2.19. The fourth-order valence-electron chi connectivity index (χ4n) is 2.56. The summed E-state index contributed by atoms with van der Waals surface area (Å²) in [5.74, 6) is 0.367. The van der Waals surface area contributed by atoms with Crippen LogP contribution in [0.15, 0.2) is 57.9 Å². The van der Waals surface area contributed by atoms with E-state index in [4.69, 9.17) is 0 Å². The number of amides is 1. The molecule has 22 heavy (non-hydrogen) atoms. The van der Waals surface area contributed by atoms with Gasteiger partial charge < -0.3 is 9.88 Å². The third-order valence-corrected chi connectivity index (χ3v) is 4.30. The Bertz CT molecular complexity index is 723. The summed E-state index contributed by atoms with van der Waals surface area (Å²) in [6.45, 7) is 0.0360. The van der Waals surface area contributed by atoms with Gasteiger partial charge in [0.2, 0.25) is 5.91 Å². The molecular weight excluding hydrogens is 344 g/mol. The minimum atomic E-state index is -0.180. The number of rotatable bonds is 5. The Kier molecular flexibility index (Phi) is 4.43. The molecule has 114 valence electrons. The van der Waals surface area contributed by atoms with E-state index in [0.717, 1.165) is 22.9 Å². The molecule has 0 aliphatic heterocycles. The lowest BCUT2D eigenvalue weighted by Crippen LogP contribution is -2.35. The van der Waals surface area contributed by atoms with E-state index in [1.807, 2.05) is 30.3 Å². The third kappa shape index (κ3) is 3.65. The van der Waals surface area contributed by atoms with Gasteiger partial charge in [-0.1, -0.05) is 30.3 Å². The van der Waals surface area contributed by atoms with Crippen molar-refractivity contribution >= 4 is 21.8 Å². The fraction of sp³-hybridized carbons (Fsp3) is 0.294. The first-order chi connectivity index (χ1) is 10.6. The highest BCUT2D eigenvalue weighted by molar-refractivity contribution is 9.10. The average Bonchev–Trinajstić information content (AvgIpc) is 3.34. The van der Waals surface area contributed by atoms with Crippen molar-refractivity contribution in [2.45, 2.75) is 25.4 Å². The van der Waals surface area contributed by atoms with Gasteiger partial charge in [-0.05, 0) is 46.3 Å². The predicted octanol–water partition coefficient (Wildman–Crippen LogP) is 2.88. The van der Waals surface area contributed by atoms with Gasteiger partial charge in [-0.15, -0.1) is 0 Å². The fourth-order valence-corrected chi connectivity index (χ4v) is 2.94. The molecule has 1 saturated carbocycles. The molecular formula is C17H17BrN2O2. The molecule has 1 aromatic heterocycles. The topological polar surface area (TPSA) is 51.1 Å². The number of nitrogens with zero attached hydrogens (tertiary/aromatic N) is 1. The smallest absolute Gasteiger partial charge is 0.251 e. The van der Waals surface area contributed by atoms with Crippen LogP contribution in [0, 0.1) is 5.92 Å². The van der Waals surface area contributed by atoms with Crippen molar-refractivity contribution in [2.75, 3.05) is 0 Å². The van der Waals surface area contributed by atoms with Crippen LogP contribution in [0.5, 0.6) is 0 Å². The number of hydrogen-bond acceptors (Lipinski definition) is 2. The van der Waals surface area contributed by atoms with Crippen LogP contribution in [-0.2, 0) is 11.3 Å². The molecule has 3 rings (SSSR count).